The fraction of sp³-hybridized carbons (Fsp3) is 0.161. The van der Waals surface area contributed by atoms with Crippen molar-refractivity contribution in [2.75, 3.05) is 0 Å². The first kappa shape index (κ1) is 25.0. The van der Waals surface area contributed by atoms with E-state index in [0.29, 0.717) is 11.1 Å². The largest absolute Gasteiger partial charge is 0.206 e. The Morgan fingerprint density at radius 1 is 0.684 bits per heavy atom. The lowest BCUT2D eigenvalue weighted by Crippen LogP contribution is -1.88. The molecular weight excluding hydrogens is 535 g/mol. The summed E-state index contributed by atoms with van der Waals surface area (Å²) < 4.78 is 34.8. The van der Waals surface area contributed by atoms with Crippen LogP contribution in [0.1, 0.15) is 30.9 Å². The average molecular weight is 559 g/mol. The lowest BCUT2D eigenvalue weighted by Gasteiger charge is -2.05. The van der Waals surface area contributed by atoms with Crippen molar-refractivity contribution < 1.29 is 8.78 Å². The Morgan fingerprint density at radius 2 is 1.26 bits per heavy atom. The van der Waals surface area contributed by atoms with Gasteiger partial charge in [-0.1, -0.05) is 54.2 Å². The summed E-state index contributed by atoms with van der Waals surface area (Å²) in [6.45, 7) is 4.03. The Labute approximate surface area is 232 Å². The van der Waals surface area contributed by atoms with E-state index < -0.39 is 0 Å². The molecule has 0 saturated carbocycles. The van der Waals surface area contributed by atoms with Crippen LogP contribution in [-0.2, 0) is 6.42 Å². The van der Waals surface area contributed by atoms with Gasteiger partial charge in [0.15, 0.2) is 0 Å². The van der Waals surface area contributed by atoms with Crippen molar-refractivity contribution in [2.45, 2.75) is 33.1 Å². The molecule has 3 aromatic heterocycles. The fourth-order valence-corrected chi connectivity index (χ4v) is 7.53. The van der Waals surface area contributed by atoms with Crippen molar-refractivity contribution in [2.24, 2.45) is 0 Å². The van der Waals surface area contributed by atoms with Crippen LogP contribution < -0.4 is 0 Å². The van der Waals surface area contributed by atoms with Crippen LogP contribution in [0, 0.1) is 18.6 Å². The van der Waals surface area contributed by atoms with Crippen LogP contribution in [0.4, 0.5) is 8.78 Å². The van der Waals surface area contributed by atoms with Crippen molar-refractivity contribution in [1.29, 1.82) is 0 Å². The number of aryl methyl sites for hydroxylation is 2. The number of fused-ring (bicyclic) bond motifs is 1. The minimum Gasteiger partial charge on any atom is -0.206 e. The number of hydrogen-bond donors (Lipinski definition) is 0. The number of thiophene rings is 2. The van der Waals surface area contributed by atoms with E-state index in [1.807, 2.05) is 55.5 Å². The van der Waals surface area contributed by atoms with Gasteiger partial charge in [-0.25, -0.2) is 8.78 Å². The number of benzene rings is 3. The Balaban J connectivity index is 1.33. The molecule has 0 aliphatic heterocycles. The van der Waals surface area contributed by atoms with Gasteiger partial charge in [-0.2, -0.15) is 0 Å². The third-order valence-electron chi connectivity index (χ3n) is 6.66. The Hall–Kier alpha value is -3.26. The molecule has 190 valence electrons. The molecule has 3 aromatic carbocycles. The molecule has 0 spiro atoms. The maximum atomic E-state index is 15.0. The topological polar surface area (TPSA) is 25.8 Å². The number of rotatable bonds is 7. The summed E-state index contributed by atoms with van der Waals surface area (Å²) in [4.78, 5) is 3.84. The van der Waals surface area contributed by atoms with Crippen molar-refractivity contribution in [3.63, 3.8) is 0 Å². The zero-order valence-corrected chi connectivity index (χ0v) is 23.4. The zero-order valence-electron chi connectivity index (χ0n) is 20.9. The average Bonchev–Trinajstić information content (AvgIpc) is 3.68. The summed E-state index contributed by atoms with van der Waals surface area (Å²) >= 11 is 4.48. The summed E-state index contributed by atoms with van der Waals surface area (Å²) in [5, 5.41) is 4.45. The molecule has 0 unspecified atom stereocenters. The first-order chi connectivity index (χ1) is 18.5. The van der Waals surface area contributed by atoms with E-state index >= 15 is 0 Å². The van der Waals surface area contributed by atoms with Gasteiger partial charge in [0.2, 0.25) is 0 Å². The molecule has 0 amide bonds. The minimum absolute atomic E-state index is 0.175. The lowest BCUT2D eigenvalue weighted by molar-refractivity contribution is 0.628. The van der Waals surface area contributed by atoms with Gasteiger partial charge in [0, 0.05) is 41.8 Å². The van der Waals surface area contributed by atoms with Crippen molar-refractivity contribution in [3.8, 4) is 41.8 Å². The van der Waals surface area contributed by atoms with Crippen LogP contribution in [0.25, 0.3) is 52.0 Å². The van der Waals surface area contributed by atoms with Gasteiger partial charge in [0.1, 0.15) is 17.2 Å². The molecular formula is C31H24F2N2S3. The standard InChI is InChI=1S/C31H24F2N2S3/c1-3-4-5-19-7-9-21(25(33)17-19)27-13-15-29(37-27)23-11-10-22(30-31(23)38-35-34-30)28-14-12-26(36-28)20-8-6-18(2)16-24(20)32/h6-17H,3-5H2,1-2H3. The first-order valence-electron chi connectivity index (χ1n) is 12.5. The highest BCUT2D eigenvalue weighted by Gasteiger charge is 2.18. The molecule has 0 atom stereocenters. The van der Waals surface area contributed by atoms with Gasteiger partial charge >= 0.3 is 0 Å². The van der Waals surface area contributed by atoms with Gasteiger partial charge in [-0.15, -0.1) is 27.8 Å². The fourth-order valence-electron chi connectivity index (χ4n) is 4.63. The first-order valence-corrected chi connectivity index (χ1v) is 14.9. The van der Waals surface area contributed by atoms with Gasteiger partial charge in [0.05, 0.1) is 4.70 Å². The summed E-state index contributed by atoms with van der Waals surface area (Å²) in [6, 6.07) is 23.1. The molecule has 2 nitrogen and oxygen atoms in total. The summed E-state index contributed by atoms with van der Waals surface area (Å²) in [5.41, 5.74) is 6.02. The van der Waals surface area contributed by atoms with Crippen LogP contribution >= 0.6 is 34.2 Å². The third kappa shape index (κ3) is 4.70. The molecule has 7 heteroatoms. The van der Waals surface area contributed by atoms with Crippen molar-refractivity contribution in [1.82, 2.24) is 9.59 Å². The van der Waals surface area contributed by atoms with Crippen molar-refractivity contribution in [3.05, 3.63) is 95.6 Å². The van der Waals surface area contributed by atoms with E-state index in [1.165, 1.54) is 11.5 Å². The Morgan fingerprint density at radius 3 is 1.92 bits per heavy atom. The minimum atomic E-state index is -0.213. The lowest BCUT2D eigenvalue weighted by atomic mass is 10.0. The third-order valence-corrected chi connectivity index (χ3v) is 9.72. The van der Waals surface area contributed by atoms with Crippen LogP contribution in [0.15, 0.2) is 72.8 Å². The molecule has 0 aliphatic carbocycles. The second kappa shape index (κ2) is 10.5. The number of unbranched alkanes of at least 4 members (excludes halogenated alkanes) is 1. The van der Waals surface area contributed by atoms with E-state index in [0.717, 1.165) is 71.2 Å². The SMILES string of the molecule is CCCCc1ccc(-c2ccc(-c3ccc(-c4ccc(-c5ccc(C)cc5F)s4)c4nnsc34)s2)c(F)c1. The second-order valence-electron chi connectivity index (χ2n) is 9.34. The van der Waals surface area contributed by atoms with Crippen LogP contribution in [0.3, 0.4) is 0 Å². The maximum absolute atomic E-state index is 15.0. The molecule has 0 fully saturated rings. The molecule has 0 bridgehead atoms. The molecule has 0 saturated heterocycles. The Bertz CT molecular complexity index is 1760. The number of hydrogen-bond acceptors (Lipinski definition) is 5. The smallest absolute Gasteiger partial charge is 0.132 e. The molecule has 3 heterocycles. The van der Waals surface area contributed by atoms with Crippen molar-refractivity contribution >= 4 is 44.4 Å². The predicted octanol–water partition coefficient (Wildman–Crippen LogP) is 10.4. The molecule has 0 radical (unpaired) electrons. The van der Waals surface area contributed by atoms with Gasteiger partial charge in [-0.3, -0.25) is 0 Å². The van der Waals surface area contributed by atoms with E-state index in [2.05, 4.69) is 28.6 Å². The van der Waals surface area contributed by atoms with Crippen LogP contribution in [0.2, 0.25) is 0 Å². The molecule has 0 N–H and O–H groups in total. The molecule has 38 heavy (non-hydrogen) atoms. The number of nitrogens with zero attached hydrogens (tertiary/aromatic N) is 2. The summed E-state index contributed by atoms with van der Waals surface area (Å²) in [5.74, 6) is -0.389. The molecule has 6 aromatic rings. The summed E-state index contributed by atoms with van der Waals surface area (Å²) in [6.07, 6.45) is 3.06. The number of aromatic nitrogens is 2. The number of halogens is 2. The molecule has 6 rings (SSSR count). The van der Waals surface area contributed by atoms with E-state index in [-0.39, 0.29) is 11.6 Å². The molecule has 0 aliphatic rings. The maximum Gasteiger partial charge on any atom is 0.132 e. The highest BCUT2D eigenvalue weighted by Crippen LogP contribution is 2.44. The second-order valence-corrected chi connectivity index (χ2v) is 12.3. The van der Waals surface area contributed by atoms with Gasteiger partial charge in [-0.05, 0) is 78.8 Å². The summed E-state index contributed by atoms with van der Waals surface area (Å²) in [7, 11) is 0. The quantitative estimate of drug-likeness (QED) is 0.195. The van der Waals surface area contributed by atoms with E-state index in [1.54, 1.807) is 34.8 Å². The Kier molecular flexibility index (Phi) is 6.91. The van der Waals surface area contributed by atoms with E-state index in [9.17, 15) is 8.78 Å². The van der Waals surface area contributed by atoms with Crippen LogP contribution in [-0.4, -0.2) is 9.59 Å². The zero-order chi connectivity index (χ0) is 26.2. The van der Waals surface area contributed by atoms with Gasteiger partial charge < -0.3 is 0 Å². The highest BCUT2D eigenvalue weighted by atomic mass is 32.1. The predicted molar refractivity (Wildman–Crippen MR) is 158 cm³/mol. The highest BCUT2D eigenvalue weighted by molar-refractivity contribution is 7.20. The van der Waals surface area contributed by atoms with Crippen LogP contribution in [0.5, 0.6) is 0 Å². The van der Waals surface area contributed by atoms with Gasteiger partial charge in [0.25, 0.3) is 0 Å². The van der Waals surface area contributed by atoms with E-state index in [4.69, 9.17) is 0 Å². The monoisotopic (exact) mass is 558 g/mol. The normalized spacial score (nSPS) is 11.5.